The van der Waals surface area contributed by atoms with Crippen molar-refractivity contribution < 1.29 is 32.9 Å². The van der Waals surface area contributed by atoms with Crippen LogP contribution in [0.1, 0.15) is 20.3 Å². The molecule has 0 fully saturated rings. The van der Waals surface area contributed by atoms with Gasteiger partial charge in [0.25, 0.3) is 0 Å². The molecule has 4 heteroatoms. The molecule has 0 bridgehead atoms. The fourth-order valence-corrected chi connectivity index (χ4v) is 4.51. The zero-order valence-corrected chi connectivity index (χ0v) is 13.1. The number of hydrogen-bond donors (Lipinski definition) is 0. The monoisotopic (exact) mass is 364 g/mol. The second kappa shape index (κ2) is 6.12. The van der Waals surface area contributed by atoms with Crippen LogP contribution in [0.3, 0.4) is 0 Å². The summed E-state index contributed by atoms with van der Waals surface area (Å²) in [6.45, 7) is 2.94. The van der Waals surface area contributed by atoms with E-state index < -0.39 is 23.3 Å². The molecule has 0 N–H and O–H groups in total. The van der Waals surface area contributed by atoms with Crippen molar-refractivity contribution in [3.05, 3.63) is 0 Å². The third kappa shape index (κ3) is 4.91. The van der Waals surface area contributed by atoms with E-state index in [0.717, 1.165) is 3.93 Å². The first-order valence-electron chi connectivity index (χ1n) is 3.66. The van der Waals surface area contributed by atoms with E-state index in [4.69, 9.17) is 8.25 Å². The van der Waals surface area contributed by atoms with Crippen molar-refractivity contribution in [1.82, 2.24) is 0 Å². The minimum absolute atomic E-state index is 0.0176. The van der Waals surface area contributed by atoms with E-state index >= 15 is 0 Å². The zero-order chi connectivity index (χ0) is 8.85. The van der Waals surface area contributed by atoms with Gasteiger partial charge in [0.2, 0.25) is 0 Å². The molecule has 0 aromatic rings. The van der Waals surface area contributed by atoms with Gasteiger partial charge in [-0.05, 0) is 0 Å². The summed E-state index contributed by atoms with van der Waals surface area (Å²) in [6, 6.07) is 0. The van der Waals surface area contributed by atoms with Gasteiger partial charge in [-0.2, -0.15) is 0 Å². The number of Topliss-reactive ketones (excluding diaryl/α,β-unsaturated/α-hetero) is 2. The third-order valence-corrected chi connectivity index (χ3v) is 6.58. The van der Waals surface area contributed by atoms with Crippen LogP contribution in [0.15, 0.2) is 0 Å². The number of halogens is 1. The predicted molar refractivity (Wildman–Crippen MR) is 40.1 cm³/mol. The summed E-state index contributed by atoms with van der Waals surface area (Å²) in [4.78, 5) is 21.7. The number of rotatable bonds is 5. The van der Waals surface area contributed by atoms with Crippen molar-refractivity contribution >= 4 is 19.8 Å². The van der Waals surface area contributed by atoms with Crippen LogP contribution in [0.4, 0.5) is 0 Å². The van der Waals surface area contributed by atoms with E-state index in [9.17, 15) is 9.59 Å². The van der Waals surface area contributed by atoms with Gasteiger partial charge in [-0.25, -0.2) is 0 Å². The SMILES string of the molecule is CC(=O)C(C[CH2][Hg][Cl])C(C)=O. The molecule has 0 rings (SSSR count). The average molecular weight is 363 g/mol. The average Bonchev–Trinajstić information content (AvgIpc) is 1.87. The second-order valence-corrected chi connectivity index (χ2v) is 10.1. The van der Waals surface area contributed by atoms with E-state index in [2.05, 4.69) is 0 Å². The molecule has 0 spiro atoms. The normalized spacial score (nSPS) is 9.45. The summed E-state index contributed by atoms with van der Waals surface area (Å²) in [5.41, 5.74) is 0. The Morgan fingerprint density at radius 3 is 2.09 bits per heavy atom. The van der Waals surface area contributed by atoms with Crippen molar-refractivity contribution in [1.29, 1.82) is 0 Å². The standard InChI is InChI=1S/C7H11O2.ClH.Hg/c1-4-7(5(2)8)6(3)9;;/h7H,1,4H2,2-3H3;1H;/q;;+1/p-1. The van der Waals surface area contributed by atoms with Gasteiger partial charge in [-0.3, -0.25) is 0 Å². The van der Waals surface area contributed by atoms with Crippen LogP contribution in [0.25, 0.3) is 0 Å². The second-order valence-electron chi connectivity index (χ2n) is 2.61. The summed E-state index contributed by atoms with van der Waals surface area (Å²) in [5, 5.41) is 0. The van der Waals surface area contributed by atoms with Crippen LogP contribution in [-0.2, 0) is 32.9 Å². The molecule has 0 radical (unpaired) electrons. The van der Waals surface area contributed by atoms with Crippen molar-refractivity contribution in [3.8, 4) is 0 Å². The fraction of sp³-hybridized carbons (Fsp3) is 0.714. The molecule has 0 aromatic carbocycles. The Morgan fingerprint density at radius 2 is 1.82 bits per heavy atom. The Hall–Kier alpha value is 0.565. The van der Waals surface area contributed by atoms with Crippen molar-refractivity contribution in [3.63, 3.8) is 0 Å². The summed E-state index contributed by atoms with van der Waals surface area (Å²) in [6.07, 6.45) is 0.690. The summed E-state index contributed by atoms with van der Waals surface area (Å²) >= 11 is -1.15. The molecule has 0 aliphatic rings. The topological polar surface area (TPSA) is 34.1 Å². The molecule has 0 amide bonds. The van der Waals surface area contributed by atoms with Gasteiger partial charge in [0.15, 0.2) is 0 Å². The molecular formula is C7H11ClHgO2. The molecule has 0 aliphatic carbocycles. The van der Waals surface area contributed by atoms with E-state index in [1.54, 1.807) is 0 Å². The van der Waals surface area contributed by atoms with E-state index in [0.29, 0.717) is 6.42 Å². The van der Waals surface area contributed by atoms with Crippen LogP contribution in [0.2, 0.25) is 3.93 Å². The van der Waals surface area contributed by atoms with Crippen molar-refractivity contribution in [2.24, 2.45) is 5.92 Å². The first-order chi connectivity index (χ1) is 5.09. The molecular weight excluding hydrogens is 352 g/mol. The molecule has 0 unspecified atom stereocenters. The van der Waals surface area contributed by atoms with Gasteiger partial charge in [-0.1, -0.05) is 0 Å². The van der Waals surface area contributed by atoms with Crippen LogP contribution >= 0.6 is 8.25 Å². The first kappa shape index (κ1) is 11.6. The third-order valence-electron chi connectivity index (χ3n) is 1.61. The number of hydrogen-bond acceptors (Lipinski definition) is 2. The van der Waals surface area contributed by atoms with E-state index in [1.165, 1.54) is 13.8 Å². The zero-order valence-electron chi connectivity index (χ0n) is 6.89. The summed E-state index contributed by atoms with van der Waals surface area (Å²) in [5.74, 6) is -0.402. The van der Waals surface area contributed by atoms with Crippen LogP contribution < -0.4 is 0 Å². The van der Waals surface area contributed by atoms with Gasteiger partial charge in [0.1, 0.15) is 0 Å². The summed E-state index contributed by atoms with van der Waals surface area (Å²) < 4.78 is 0.950. The molecule has 0 aromatic heterocycles. The maximum atomic E-state index is 10.9. The first-order valence-corrected chi connectivity index (χ1v) is 14.3. The van der Waals surface area contributed by atoms with Crippen LogP contribution in [0, 0.1) is 5.92 Å². The van der Waals surface area contributed by atoms with E-state index in [1.807, 2.05) is 0 Å². The molecule has 0 saturated carbocycles. The Kier molecular flexibility index (Phi) is 6.44. The Morgan fingerprint density at radius 1 is 1.36 bits per heavy atom. The summed E-state index contributed by atoms with van der Waals surface area (Å²) in [7, 11) is 5.65. The Labute approximate surface area is 82.6 Å². The number of carbonyl (C=O) groups is 2. The molecule has 0 heterocycles. The molecule has 0 saturated heterocycles. The van der Waals surface area contributed by atoms with Gasteiger partial charge in [0.05, 0.1) is 0 Å². The molecule has 0 atom stereocenters. The maximum absolute atomic E-state index is 10.9. The predicted octanol–water partition coefficient (Wildman–Crippen LogP) is 1.83. The quantitative estimate of drug-likeness (QED) is 0.552. The fourth-order valence-electron chi connectivity index (χ4n) is 0.974. The van der Waals surface area contributed by atoms with Gasteiger partial charge in [0, 0.05) is 0 Å². The Bertz CT molecular complexity index is 145. The number of ketones is 2. The van der Waals surface area contributed by atoms with Crippen molar-refractivity contribution in [2.75, 3.05) is 0 Å². The Balaban J connectivity index is 3.90. The van der Waals surface area contributed by atoms with E-state index in [-0.39, 0.29) is 17.5 Å². The van der Waals surface area contributed by atoms with Gasteiger partial charge in [-0.15, -0.1) is 0 Å². The van der Waals surface area contributed by atoms with Gasteiger partial charge < -0.3 is 0 Å². The minimum atomic E-state index is -1.15. The van der Waals surface area contributed by atoms with Crippen molar-refractivity contribution in [2.45, 2.75) is 24.2 Å². The molecule has 0 aliphatic heterocycles. The van der Waals surface area contributed by atoms with Crippen LogP contribution in [0.5, 0.6) is 0 Å². The molecule has 11 heavy (non-hydrogen) atoms. The van der Waals surface area contributed by atoms with Gasteiger partial charge >= 0.3 is 82.9 Å². The number of carbonyl (C=O) groups excluding carboxylic acids is 2. The molecule has 60 valence electrons. The van der Waals surface area contributed by atoms with Crippen LogP contribution in [-0.4, -0.2) is 11.6 Å². The molecule has 2 nitrogen and oxygen atoms in total.